The fourth-order valence-electron chi connectivity index (χ4n) is 2.84. The lowest BCUT2D eigenvalue weighted by Crippen LogP contribution is -2.32. The zero-order valence-corrected chi connectivity index (χ0v) is 15.2. The van der Waals surface area contributed by atoms with Crippen molar-refractivity contribution in [3.63, 3.8) is 0 Å². The van der Waals surface area contributed by atoms with E-state index in [0.29, 0.717) is 5.56 Å². The van der Waals surface area contributed by atoms with Gasteiger partial charge in [-0.2, -0.15) is 0 Å². The van der Waals surface area contributed by atoms with Crippen molar-refractivity contribution in [1.82, 2.24) is 4.72 Å². The molecule has 3 rings (SSSR count). The molecule has 0 unspecified atom stereocenters. The van der Waals surface area contributed by atoms with Gasteiger partial charge in [-0.25, -0.2) is 13.1 Å². The molecule has 0 aliphatic rings. The van der Waals surface area contributed by atoms with Gasteiger partial charge in [0.15, 0.2) is 0 Å². The fraction of sp³-hybridized carbons (Fsp3) is 0.100. The van der Waals surface area contributed by atoms with Crippen LogP contribution in [0.2, 0.25) is 0 Å². The Kier molecular flexibility index (Phi) is 5.88. The van der Waals surface area contributed by atoms with Gasteiger partial charge in [0.2, 0.25) is 10.0 Å². The molecule has 3 aromatic carbocycles. The van der Waals surface area contributed by atoms with Gasteiger partial charge in [-0.15, -0.1) is 0 Å². The summed E-state index contributed by atoms with van der Waals surface area (Å²) in [6.45, 7) is 0. The lowest BCUT2D eigenvalue weighted by molar-refractivity contribution is 0.503. The van der Waals surface area contributed by atoms with Crippen LogP contribution in [0.4, 0.5) is 0 Å². The summed E-state index contributed by atoms with van der Waals surface area (Å²) in [6.07, 6.45) is 0. The SMILES string of the molecule is [N-]=[N+]=N[C@H](c1ccccc1)[C@@H](NS(=O)(=O)c1ccccc1)c1ccccc1. The zero-order chi connectivity index (χ0) is 19.1. The van der Waals surface area contributed by atoms with Crippen molar-refractivity contribution in [3.05, 3.63) is 113 Å². The Bertz CT molecular complexity index is 1020. The van der Waals surface area contributed by atoms with Gasteiger partial charge < -0.3 is 0 Å². The van der Waals surface area contributed by atoms with E-state index in [-0.39, 0.29) is 4.90 Å². The first-order valence-electron chi connectivity index (χ1n) is 8.33. The molecule has 7 heteroatoms. The van der Waals surface area contributed by atoms with Crippen molar-refractivity contribution in [3.8, 4) is 0 Å². The minimum atomic E-state index is -3.81. The Labute approximate surface area is 158 Å². The highest BCUT2D eigenvalue weighted by molar-refractivity contribution is 7.89. The van der Waals surface area contributed by atoms with Gasteiger partial charge in [0.25, 0.3) is 0 Å². The third kappa shape index (κ3) is 4.54. The van der Waals surface area contributed by atoms with Gasteiger partial charge >= 0.3 is 0 Å². The predicted octanol–water partition coefficient (Wildman–Crippen LogP) is 4.76. The molecule has 0 saturated heterocycles. The Balaban J connectivity index is 2.07. The molecule has 0 fully saturated rings. The van der Waals surface area contributed by atoms with E-state index in [2.05, 4.69) is 14.7 Å². The summed E-state index contributed by atoms with van der Waals surface area (Å²) >= 11 is 0. The van der Waals surface area contributed by atoms with Gasteiger partial charge in [-0.1, -0.05) is 84.0 Å². The second-order valence-corrected chi connectivity index (χ2v) is 7.60. The fourth-order valence-corrected chi connectivity index (χ4v) is 4.09. The summed E-state index contributed by atoms with van der Waals surface area (Å²) in [5.41, 5.74) is 10.5. The molecular weight excluding hydrogens is 360 g/mol. The monoisotopic (exact) mass is 378 g/mol. The van der Waals surface area contributed by atoms with E-state index in [1.165, 1.54) is 12.1 Å². The third-order valence-electron chi connectivity index (χ3n) is 4.13. The van der Waals surface area contributed by atoms with Crippen LogP contribution in [-0.2, 0) is 10.0 Å². The number of benzene rings is 3. The normalized spacial score (nSPS) is 13.3. The highest BCUT2D eigenvalue weighted by atomic mass is 32.2. The van der Waals surface area contributed by atoms with E-state index in [0.717, 1.165) is 5.56 Å². The third-order valence-corrected chi connectivity index (χ3v) is 5.58. The van der Waals surface area contributed by atoms with Crippen LogP contribution in [0.5, 0.6) is 0 Å². The molecule has 0 saturated carbocycles. The minimum Gasteiger partial charge on any atom is -0.207 e. The van der Waals surface area contributed by atoms with E-state index in [4.69, 9.17) is 5.53 Å². The van der Waals surface area contributed by atoms with Crippen LogP contribution in [-0.4, -0.2) is 8.42 Å². The molecule has 0 aliphatic heterocycles. The summed E-state index contributed by atoms with van der Waals surface area (Å²) in [4.78, 5) is 3.10. The van der Waals surface area contributed by atoms with E-state index >= 15 is 0 Å². The molecule has 2 atom stereocenters. The molecule has 0 bridgehead atoms. The van der Waals surface area contributed by atoms with Crippen molar-refractivity contribution in [2.75, 3.05) is 0 Å². The molecule has 27 heavy (non-hydrogen) atoms. The smallest absolute Gasteiger partial charge is 0.207 e. The van der Waals surface area contributed by atoms with Crippen LogP contribution >= 0.6 is 0 Å². The Hall–Kier alpha value is -3.12. The molecule has 3 aromatic rings. The first kappa shape index (κ1) is 18.7. The summed E-state index contributed by atoms with van der Waals surface area (Å²) in [5.74, 6) is 0. The summed E-state index contributed by atoms with van der Waals surface area (Å²) in [7, 11) is -3.81. The van der Waals surface area contributed by atoms with Gasteiger partial charge in [0, 0.05) is 4.91 Å². The van der Waals surface area contributed by atoms with Gasteiger partial charge in [0.05, 0.1) is 17.0 Å². The van der Waals surface area contributed by atoms with Crippen LogP contribution in [0.15, 0.2) is 101 Å². The molecule has 0 heterocycles. The topological polar surface area (TPSA) is 94.9 Å². The highest BCUT2D eigenvalue weighted by Crippen LogP contribution is 2.33. The van der Waals surface area contributed by atoms with Gasteiger partial charge in [0.1, 0.15) is 0 Å². The van der Waals surface area contributed by atoms with E-state index < -0.39 is 22.1 Å². The first-order valence-corrected chi connectivity index (χ1v) is 9.81. The second kappa shape index (κ2) is 8.51. The van der Waals surface area contributed by atoms with Crippen LogP contribution < -0.4 is 4.72 Å². The standard InChI is InChI=1S/C20H18N4O2S/c21-24-22-19(16-10-4-1-5-11-16)20(17-12-6-2-7-13-17)23-27(25,26)18-14-8-3-9-15-18/h1-15,19-20,23H/t19-,20+/m1/s1. The van der Waals surface area contributed by atoms with Gasteiger partial charge in [-0.05, 0) is 28.8 Å². The zero-order valence-electron chi connectivity index (χ0n) is 14.4. The van der Waals surface area contributed by atoms with Crippen LogP contribution in [0.3, 0.4) is 0 Å². The maximum Gasteiger partial charge on any atom is 0.241 e. The number of sulfonamides is 1. The van der Waals surface area contributed by atoms with Crippen molar-refractivity contribution < 1.29 is 8.42 Å². The molecule has 0 radical (unpaired) electrons. The molecule has 6 nitrogen and oxygen atoms in total. The molecule has 0 aromatic heterocycles. The summed E-state index contributed by atoms with van der Waals surface area (Å²) in [5, 5.41) is 3.90. The number of hydrogen-bond donors (Lipinski definition) is 1. The lowest BCUT2D eigenvalue weighted by atomic mass is 9.95. The van der Waals surface area contributed by atoms with Crippen LogP contribution in [0.1, 0.15) is 23.2 Å². The summed E-state index contributed by atoms with van der Waals surface area (Å²) in [6, 6.07) is 24.8. The van der Waals surface area contributed by atoms with E-state index in [1.807, 2.05) is 48.5 Å². The van der Waals surface area contributed by atoms with Gasteiger partial charge in [-0.3, -0.25) is 0 Å². The second-order valence-electron chi connectivity index (χ2n) is 5.88. The molecule has 0 aliphatic carbocycles. The number of rotatable bonds is 7. The van der Waals surface area contributed by atoms with Crippen molar-refractivity contribution >= 4 is 10.0 Å². The van der Waals surface area contributed by atoms with Crippen molar-refractivity contribution in [1.29, 1.82) is 0 Å². The van der Waals surface area contributed by atoms with Crippen LogP contribution in [0.25, 0.3) is 10.4 Å². The maximum absolute atomic E-state index is 12.9. The van der Waals surface area contributed by atoms with Crippen molar-refractivity contribution in [2.24, 2.45) is 5.11 Å². The Morgan fingerprint density at radius 1 is 0.778 bits per heavy atom. The quantitative estimate of drug-likeness (QED) is 0.364. The number of nitrogens with zero attached hydrogens (tertiary/aromatic N) is 3. The maximum atomic E-state index is 12.9. The van der Waals surface area contributed by atoms with Crippen molar-refractivity contribution in [2.45, 2.75) is 17.0 Å². The van der Waals surface area contributed by atoms with Crippen LogP contribution in [0, 0.1) is 0 Å². The largest absolute Gasteiger partial charge is 0.241 e. The molecule has 1 N–H and O–H groups in total. The molecular formula is C20H18N4O2S. The molecule has 0 amide bonds. The Morgan fingerprint density at radius 2 is 1.26 bits per heavy atom. The molecule has 136 valence electrons. The summed E-state index contributed by atoms with van der Waals surface area (Å²) < 4.78 is 28.5. The molecule has 0 spiro atoms. The average Bonchev–Trinajstić information content (AvgIpc) is 2.72. The van der Waals surface area contributed by atoms with E-state index in [9.17, 15) is 8.42 Å². The predicted molar refractivity (Wildman–Crippen MR) is 104 cm³/mol. The minimum absolute atomic E-state index is 0.152. The highest BCUT2D eigenvalue weighted by Gasteiger charge is 2.29. The first-order chi connectivity index (χ1) is 13.1. The number of azide groups is 1. The number of hydrogen-bond acceptors (Lipinski definition) is 3. The van der Waals surface area contributed by atoms with E-state index in [1.54, 1.807) is 30.3 Å². The lowest BCUT2D eigenvalue weighted by Gasteiger charge is -2.25. The average molecular weight is 378 g/mol. The Morgan fingerprint density at radius 3 is 1.78 bits per heavy atom. The number of nitrogens with one attached hydrogen (secondary N) is 1.